The van der Waals surface area contributed by atoms with Crippen molar-refractivity contribution in [1.29, 1.82) is 0 Å². The summed E-state index contributed by atoms with van der Waals surface area (Å²) in [6.45, 7) is 2.22. The van der Waals surface area contributed by atoms with Gasteiger partial charge in [-0.3, -0.25) is 4.79 Å². The van der Waals surface area contributed by atoms with Gasteiger partial charge in [-0.2, -0.15) is 0 Å². The Kier molecular flexibility index (Phi) is 5.07. The van der Waals surface area contributed by atoms with Crippen LogP contribution in [0.15, 0.2) is 47.0 Å². The number of hydrogen-bond donors (Lipinski definition) is 1. The molecular formula is C21H21FN2O2S. The molecule has 0 radical (unpaired) electrons. The molecule has 1 amide bonds. The third-order valence-corrected chi connectivity index (χ3v) is 5.76. The SMILES string of the molecule is C[C@H]1C[C@@H]1c1ccc(CCC(=O)Nc2ncc(Cc3ccc(F)cc3)s2)o1. The van der Waals surface area contributed by atoms with Crippen molar-refractivity contribution in [2.45, 2.75) is 38.5 Å². The first-order valence-corrected chi connectivity index (χ1v) is 9.96. The van der Waals surface area contributed by atoms with E-state index in [1.54, 1.807) is 18.3 Å². The Balaban J connectivity index is 1.26. The van der Waals surface area contributed by atoms with Crippen molar-refractivity contribution in [1.82, 2.24) is 4.98 Å². The van der Waals surface area contributed by atoms with Crippen molar-refractivity contribution >= 4 is 22.4 Å². The van der Waals surface area contributed by atoms with Crippen LogP contribution in [0.1, 0.15) is 47.6 Å². The number of aromatic nitrogens is 1. The fourth-order valence-electron chi connectivity index (χ4n) is 3.12. The summed E-state index contributed by atoms with van der Waals surface area (Å²) in [5.41, 5.74) is 1.01. The average molecular weight is 384 g/mol. The van der Waals surface area contributed by atoms with Crippen molar-refractivity contribution in [3.8, 4) is 0 Å². The molecule has 0 spiro atoms. The molecule has 1 saturated carbocycles. The van der Waals surface area contributed by atoms with Gasteiger partial charge in [-0.15, -0.1) is 11.3 Å². The number of carbonyl (C=O) groups is 1. The number of nitrogens with one attached hydrogen (secondary N) is 1. The molecule has 1 aromatic carbocycles. The Bertz CT molecular complexity index is 932. The summed E-state index contributed by atoms with van der Waals surface area (Å²) in [6, 6.07) is 10.4. The molecule has 1 aliphatic rings. The maximum absolute atomic E-state index is 13.0. The largest absolute Gasteiger partial charge is 0.466 e. The third-order valence-electron chi connectivity index (χ3n) is 4.85. The zero-order valence-electron chi connectivity index (χ0n) is 15.1. The van der Waals surface area contributed by atoms with Gasteiger partial charge in [0.15, 0.2) is 5.13 Å². The maximum atomic E-state index is 13.0. The first-order valence-electron chi connectivity index (χ1n) is 9.14. The molecule has 4 nitrogen and oxygen atoms in total. The molecule has 3 aromatic rings. The summed E-state index contributed by atoms with van der Waals surface area (Å²) in [5.74, 6) is 2.85. The number of rotatable bonds is 7. The van der Waals surface area contributed by atoms with E-state index in [4.69, 9.17) is 4.42 Å². The quantitative estimate of drug-likeness (QED) is 0.612. The van der Waals surface area contributed by atoms with E-state index in [9.17, 15) is 9.18 Å². The minimum atomic E-state index is -0.244. The normalized spacial score (nSPS) is 18.4. The molecule has 1 N–H and O–H groups in total. The van der Waals surface area contributed by atoms with Crippen LogP contribution >= 0.6 is 11.3 Å². The minimum absolute atomic E-state index is 0.0737. The van der Waals surface area contributed by atoms with Gasteiger partial charge in [0, 0.05) is 36.3 Å². The zero-order chi connectivity index (χ0) is 18.8. The van der Waals surface area contributed by atoms with Crippen LogP contribution in [0.5, 0.6) is 0 Å². The van der Waals surface area contributed by atoms with Crippen LogP contribution < -0.4 is 5.32 Å². The number of aryl methyl sites for hydroxylation is 1. The molecule has 140 valence electrons. The Hall–Kier alpha value is -2.47. The van der Waals surface area contributed by atoms with Crippen LogP contribution in [0.2, 0.25) is 0 Å². The number of halogens is 1. The van der Waals surface area contributed by atoms with E-state index >= 15 is 0 Å². The highest BCUT2D eigenvalue weighted by atomic mass is 32.1. The molecule has 2 atom stereocenters. The lowest BCUT2D eigenvalue weighted by Crippen LogP contribution is -2.11. The monoisotopic (exact) mass is 384 g/mol. The second-order valence-corrected chi connectivity index (χ2v) is 8.22. The number of thiazole rings is 1. The van der Waals surface area contributed by atoms with Gasteiger partial charge in [0.25, 0.3) is 0 Å². The van der Waals surface area contributed by atoms with Crippen molar-refractivity contribution in [3.05, 3.63) is 70.4 Å². The minimum Gasteiger partial charge on any atom is -0.466 e. The smallest absolute Gasteiger partial charge is 0.226 e. The first-order chi connectivity index (χ1) is 13.1. The van der Waals surface area contributed by atoms with Gasteiger partial charge in [0.05, 0.1) is 0 Å². The van der Waals surface area contributed by atoms with Gasteiger partial charge in [-0.05, 0) is 42.2 Å². The van der Waals surface area contributed by atoms with Crippen molar-refractivity contribution in [2.24, 2.45) is 5.92 Å². The van der Waals surface area contributed by atoms with Gasteiger partial charge in [-0.25, -0.2) is 9.37 Å². The summed E-state index contributed by atoms with van der Waals surface area (Å²) in [7, 11) is 0. The molecule has 1 aliphatic carbocycles. The number of amides is 1. The highest BCUT2D eigenvalue weighted by molar-refractivity contribution is 7.15. The Morgan fingerprint density at radius 2 is 2.07 bits per heavy atom. The van der Waals surface area contributed by atoms with E-state index in [2.05, 4.69) is 17.2 Å². The number of benzene rings is 1. The van der Waals surface area contributed by atoms with E-state index in [1.807, 2.05) is 12.1 Å². The lowest BCUT2D eigenvalue weighted by molar-refractivity contribution is -0.116. The molecule has 0 aliphatic heterocycles. The molecule has 0 saturated heterocycles. The van der Waals surface area contributed by atoms with E-state index in [0.29, 0.717) is 36.2 Å². The second-order valence-electron chi connectivity index (χ2n) is 7.11. The number of carbonyl (C=O) groups excluding carboxylic acids is 1. The van der Waals surface area contributed by atoms with Crippen molar-refractivity contribution in [3.63, 3.8) is 0 Å². The fraction of sp³-hybridized carbons (Fsp3) is 0.333. The number of anilines is 1. The van der Waals surface area contributed by atoms with Crippen LogP contribution in [0, 0.1) is 11.7 Å². The average Bonchev–Trinajstić information content (AvgIpc) is 3.04. The molecule has 4 rings (SSSR count). The molecular weight excluding hydrogens is 363 g/mol. The standard InChI is InChI=1S/C21H21FN2O2S/c1-13-10-18(13)19-8-6-16(26-19)7-9-20(25)24-21-23-12-17(27-21)11-14-2-4-15(22)5-3-14/h2-6,8,12-13,18H,7,9-11H2,1H3,(H,23,24,25)/t13-,18-/m0/s1. The highest BCUT2D eigenvalue weighted by Gasteiger charge is 2.36. The highest BCUT2D eigenvalue weighted by Crippen LogP contribution is 2.47. The molecule has 2 heterocycles. The summed E-state index contributed by atoms with van der Waals surface area (Å²) in [6.07, 6.45) is 4.56. The van der Waals surface area contributed by atoms with E-state index in [1.165, 1.54) is 29.9 Å². The van der Waals surface area contributed by atoms with Crippen LogP contribution in [-0.2, 0) is 17.6 Å². The summed E-state index contributed by atoms with van der Waals surface area (Å²) < 4.78 is 18.8. The summed E-state index contributed by atoms with van der Waals surface area (Å²) in [5, 5.41) is 3.43. The number of hydrogen-bond acceptors (Lipinski definition) is 4. The predicted molar refractivity (Wildman–Crippen MR) is 104 cm³/mol. The topological polar surface area (TPSA) is 55.1 Å². The van der Waals surface area contributed by atoms with Gasteiger partial charge in [0.2, 0.25) is 5.91 Å². The molecule has 27 heavy (non-hydrogen) atoms. The Morgan fingerprint density at radius 3 is 2.81 bits per heavy atom. The summed E-state index contributed by atoms with van der Waals surface area (Å²) >= 11 is 1.44. The second kappa shape index (κ2) is 7.64. The fourth-order valence-corrected chi connectivity index (χ4v) is 3.98. The first kappa shape index (κ1) is 17.9. The van der Waals surface area contributed by atoms with Crippen molar-refractivity contribution < 1.29 is 13.6 Å². The van der Waals surface area contributed by atoms with E-state index < -0.39 is 0 Å². The molecule has 2 aromatic heterocycles. The Morgan fingerprint density at radius 1 is 1.30 bits per heavy atom. The van der Waals surface area contributed by atoms with Gasteiger partial charge < -0.3 is 9.73 Å². The van der Waals surface area contributed by atoms with Crippen LogP contribution in [0.25, 0.3) is 0 Å². The van der Waals surface area contributed by atoms with Crippen molar-refractivity contribution in [2.75, 3.05) is 5.32 Å². The van der Waals surface area contributed by atoms with E-state index in [-0.39, 0.29) is 11.7 Å². The number of furan rings is 1. The van der Waals surface area contributed by atoms with Gasteiger partial charge in [-0.1, -0.05) is 19.1 Å². The lowest BCUT2D eigenvalue weighted by Gasteiger charge is -2.00. The number of nitrogens with zero attached hydrogens (tertiary/aromatic N) is 1. The third kappa shape index (κ3) is 4.63. The predicted octanol–water partition coefficient (Wildman–Crippen LogP) is 5.16. The molecule has 0 unspecified atom stereocenters. The van der Waals surface area contributed by atoms with Gasteiger partial charge in [0.1, 0.15) is 17.3 Å². The van der Waals surface area contributed by atoms with Crippen LogP contribution in [0.4, 0.5) is 9.52 Å². The molecule has 1 fully saturated rings. The van der Waals surface area contributed by atoms with Crippen LogP contribution in [0.3, 0.4) is 0 Å². The Labute approximate surface area is 161 Å². The lowest BCUT2D eigenvalue weighted by atomic mass is 10.1. The molecule has 6 heteroatoms. The van der Waals surface area contributed by atoms with Crippen LogP contribution in [-0.4, -0.2) is 10.9 Å². The summed E-state index contributed by atoms with van der Waals surface area (Å²) in [4.78, 5) is 17.4. The zero-order valence-corrected chi connectivity index (χ0v) is 15.9. The molecule has 0 bridgehead atoms. The van der Waals surface area contributed by atoms with E-state index in [0.717, 1.165) is 22.0 Å². The van der Waals surface area contributed by atoms with Gasteiger partial charge >= 0.3 is 0 Å². The maximum Gasteiger partial charge on any atom is 0.226 e.